The van der Waals surface area contributed by atoms with Crippen molar-refractivity contribution in [3.8, 4) is 0 Å². The van der Waals surface area contributed by atoms with Crippen LogP contribution in [0.2, 0.25) is 0 Å². The zero-order chi connectivity index (χ0) is 12.4. The fraction of sp³-hybridized carbons (Fsp3) is 0.667. The Morgan fingerprint density at radius 2 is 2.00 bits per heavy atom. The Morgan fingerprint density at radius 3 is 2.76 bits per heavy atom. The molecule has 0 radical (unpaired) electrons. The lowest BCUT2D eigenvalue weighted by Gasteiger charge is -2.19. The second kappa shape index (κ2) is 5.07. The lowest BCUT2D eigenvalue weighted by atomic mass is 9.84. The molecule has 0 N–H and O–H groups in total. The minimum Gasteiger partial charge on any atom is -0.461 e. The van der Waals surface area contributed by atoms with E-state index in [-0.39, 0.29) is 18.0 Å². The van der Waals surface area contributed by atoms with Gasteiger partial charge in [-0.1, -0.05) is 30.2 Å². The van der Waals surface area contributed by atoms with Crippen LogP contribution in [-0.4, -0.2) is 12.1 Å². The normalized spacial score (nSPS) is 40.6. The van der Waals surface area contributed by atoms with Gasteiger partial charge in [0.15, 0.2) is 0 Å². The van der Waals surface area contributed by atoms with Crippen molar-refractivity contribution >= 4 is 5.97 Å². The summed E-state index contributed by atoms with van der Waals surface area (Å²) in [6.07, 6.45) is 8.81. The van der Waals surface area contributed by atoms with Crippen molar-refractivity contribution in [1.82, 2.24) is 0 Å². The Bertz CT molecular complexity index is 365. The van der Waals surface area contributed by atoms with Crippen molar-refractivity contribution in [1.29, 1.82) is 0 Å². The molecule has 1 heterocycles. The second-order valence-electron chi connectivity index (χ2n) is 5.51. The predicted molar refractivity (Wildman–Crippen MR) is 68.5 cm³/mol. The van der Waals surface area contributed by atoms with E-state index in [1.807, 2.05) is 6.92 Å². The summed E-state index contributed by atoms with van der Waals surface area (Å²) in [5.41, 5.74) is 2.79. The number of carbonyl (C=O) groups is 1. The molecule has 1 fully saturated rings. The van der Waals surface area contributed by atoms with Crippen LogP contribution in [0.25, 0.3) is 0 Å². The van der Waals surface area contributed by atoms with Crippen molar-refractivity contribution in [3.63, 3.8) is 0 Å². The molecule has 1 aliphatic heterocycles. The Morgan fingerprint density at radius 1 is 1.24 bits per heavy atom. The third-order valence-electron chi connectivity index (χ3n) is 4.05. The van der Waals surface area contributed by atoms with Gasteiger partial charge in [-0.3, -0.25) is 4.79 Å². The minimum absolute atomic E-state index is 0.0156. The maximum Gasteiger partial charge on any atom is 0.309 e. The summed E-state index contributed by atoms with van der Waals surface area (Å²) < 4.78 is 5.51. The van der Waals surface area contributed by atoms with Crippen molar-refractivity contribution in [2.24, 2.45) is 11.8 Å². The highest BCUT2D eigenvalue weighted by molar-refractivity contribution is 5.74. The van der Waals surface area contributed by atoms with E-state index in [1.165, 1.54) is 11.1 Å². The van der Waals surface area contributed by atoms with E-state index in [0.29, 0.717) is 5.92 Å². The van der Waals surface area contributed by atoms with Crippen LogP contribution in [0.4, 0.5) is 0 Å². The van der Waals surface area contributed by atoms with Gasteiger partial charge in [0.2, 0.25) is 0 Å². The van der Waals surface area contributed by atoms with E-state index >= 15 is 0 Å². The van der Waals surface area contributed by atoms with Crippen molar-refractivity contribution in [2.75, 3.05) is 0 Å². The van der Waals surface area contributed by atoms with Gasteiger partial charge in [-0.2, -0.15) is 0 Å². The number of ether oxygens (including phenoxy) is 1. The van der Waals surface area contributed by atoms with Crippen molar-refractivity contribution in [3.05, 3.63) is 23.3 Å². The van der Waals surface area contributed by atoms with Gasteiger partial charge >= 0.3 is 5.97 Å². The highest BCUT2D eigenvalue weighted by Gasteiger charge is 2.40. The first kappa shape index (κ1) is 12.4. The van der Waals surface area contributed by atoms with Gasteiger partial charge in [-0.15, -0.1) is 0 Å². The molecule has 3 atom stereocenters. The monoisotopic (exact) mass is 234 g/mol. The molecule has 0 amide bonds. The molecule has 2 rings (SSSR count). The van der Waals surface area contributed by atoms with Crippen LogP contribution in [0, 0.1) is 11.8 Å². The minimum atomic E-state index is -0.0156. The zero-order valence-electron chi connectivity index (χ0n) is 11.0. The highest BCUT2D eigenvalue weighted by atomic mass is 16.6. The average Bonchev–Trinajstić information content (AvgIpc) is 2.52. The second-order valence-corrected chi connectivity index (χ2v) is 5.51. The van der Waals surface area contributed by atoms with Crippen molar-refractivity contribution < 1.29 is 9.53 Å². The van der Waals surface area contributed by atoms with E-state index in [4.69, 9.17) is 4.74 Å². The molecule has 0 aromatic rings. The third-order valence-corrected chi connectivity index (χ3v) is 4.05. The van der Waals surface area contributed by atoms with Gasteiger partial charge in [0.05, 0.1) is 5.92 Å². The van der Waals surface area contributed by atoms with Gasteiger partial charge in [0.1, 0.15) is 6.10 Å². The average molecular weight is 234 g/mol. The van der Waals surface area contributed by atoms with E-state index in [2.05, 4.69) is 26.0 Å². The molecule has 0 aromatic heterocycles. The lowest BCUT2D eigenvalue weighted by Crippen LogP contribution is -2.19. The molecule has 0 spiro atoms. The summed E-state index contributed by atoms with van der Waals surface area (Å²) in [5, 5.41) is 0. The topological polar surface area (TPSA) is 26.3 Å². The molecule has 2 nitrogen and oxygen atoms in total. The number of hydrogen-bond donors (Lipinski definition) is 0. The number of carbonyl (C=O) groups excluding carboxylic acids is 1. The Balaban J connectivity index is 2.20. The van der Waals surface area contributed by atoms with Crippen LogP contribution in [0.5, 0.6) is 0 Å². The molecular weight excluding hydrogens is 212 g/mol. The Hall–Kier alpha value is -1.05. The highest BCUT2D eigenvalue weighted by Crippen LogP contribution is 2.35. The molecule has 2 heteroatoms. The summed E-state index contributed by atoms with van der Waals surface area (Å²) in [6.45, 7) is 6.33. The summed E-state index contributed by atoms with van der Waals surface area (Å²) in [6, 6.07) is 0. The van der Waals surface area contributed by atoms with Crippen LogP contribution in [0.3, 0.4) is 0 Å². The zero-order valence-corrected chi connectivity index (χ0v) is 11.0. The van der Waals surface area contributed by atoms with Crippen molar-refractivity contribution in [2.45, 2.75) is 52.6 Å². The van der Waals surface area contributed by atoms with E-state index in [9.17, 15) is 4.79 Å². The molecule has 1 aliphatic carbocycles. The third kappa shape index (κ3) is 2.80. The van der Waals surface area contributed by atoms with Crippen LogP contribution in [0.1, 0.15) is 46.5 Å². The standard InChI is InChI=1S/C15H22O2/c1-10-5-4-6-11(2)9-14-13(8-7-10)12(3)15(16)17-14/h6-7,12-14H,4-5,8-9H2,1-3H3/b10-7+,11-6+/t12-,13+,14+/m0/s1. The number of esters is 1. The summed E-state index contributed by atoms with van der Waals surface area (Å²) in [7, 11) is 0. The number of allylic oxidation sites excluding steroid dienone is 3. The quantitative estimate of drug-likeness (QED) is 0.472. The largest absolute Gasteiger partial charge is 0.461 e. The maximum atomic E-state index is 11.7. The Labute approximate surface area is 104 Å². The van der Waals surface area contributed by atoms with Crippen LogP contribution >= 0.6 is 0 Å². The first-order valence-corrected chi connectivity index (χ1v) is 6.59. The lowest BCUT2D eigenvalue weighted by molar-refractivity contribution is -0.143. The van der Waals surface area contributed by atoms with Gasteiger partial charge < -0.3 is 4.74 Å². The molecule has 94 valence electrons. The van der Waals surface area contributed by atoms with Gasteiger partial charge in [-0.25, -0.2) is 0 Å². The molecule has 17 heavy (non-hydrogen) atoms. The Kier molecular flexibility index (Phi) is 3.70. The fourth-order valence-corrected chi connectivity index (χ4v) is 2.78. The maximum absolute atomic E-state index is 11.7. The van der Waals surface area contributed by atoms with Gasteiger partial charge in [0, 0.05) is 12.3 Å². The van der Waals surface area contributed by atoms with E-state index in [1.54, 1.807) is 0 Å². The van der Waals surface area contributed by atoms with E-state index in [0.717, 1.165) is 25.7 Å². The van der Waals surface area contributed by atoms with Gasteiger partial charge in [0.25, 0.3) is 0 Å². The molecule has 0 bridgehead atoms. The molecule has 1 saturated heterocycles. The number of fused-ring (bicyclic) bond motifs is 1. The fourth-order valence-electron chi connectivity index (χ4n) is 2.78. The predicted octanol–water partition coefficient (Wildman–Crippen LogP) is 3.63. The molecule has 0 saturated carbocycles. The molecule has 2 aliphatic rings. The summed E-state index contributed by atoms with van der Waals surface area (Å²) >= 11 is 0. The van der Waals surface area contributed by atoms with Crippen LogP contribution < -0.4 is 0 Å². The molecule has 0 aromatic carbocycles. The van der Waals surface area contributed by atoms with E-state index < -0.39 is 0 Å². The first-order valence-electron chi connectivity index (χ1n) is 6.59. The first-order chi connectivity index (χ1) is 8.08. The van der Waals surface area contributed by atoms with Gasteiger partial charge in [-0.05, 0) is 33.1 Å². The smallest absolute Gasteiger partial charge is 0.309 e. The summed E-state index contributed by atoms with van der Waals surface area (Å²) in [4.78, 5) is 11.7. The SMILES string of the molecule is C/C1=C\C[C@@H]2[C@H](C)C(=O)O[C@@H]2C/C(C)=C/CC1. The van der Waals surface area contributed by atoms with Crippen LogP contribution in [-0.2, 0) is 9.53 Å². The van der Waals surface area contributed by atoms with Crippen LogP contribution in [0.15, 0.2) is 23.3 Å². The molecular formula is C15H22O2. The molecule has 0 unspecified atom stereocenters. The summed E-state index contributed by atoms with van der Waals surface area (Å²) in [5.74, 6) is 0.397. The number of rotatable bonds is 0. The number of hydrogen-bond acceptors (Lipinski definition) is 2.